The molecule has 1 atom stereocenters. The number of methoxy groups -OCH3 is 1. The molecule has 3 aromatic rings. The van der Waals surface area contributed by atoms with Crippen molar-refractivity contribution in [1.29, 1.82) is 0 Å². The van der Waals surface area contributed by atoms with Gasteiger partial charge in [-0.3, -0.25) is 4.98 Å². The summed E-state index contributed by atoms with van der Waals surface area (Å²) in [4.78, 5) is 15.2. The molecule has 0 radical (unpaired) electrons. The van der Waals surface area contributed by atoms with E-state index >= 15 is 0 Å². The predicted molar refractivity (Wildman–Crippen MR) is 96.2 cm³/mol. The highest BCUT2D eigenvalue weighted by molar-refractivity contribution is 5.91. The summed E-state index contributed by atoms with van der Waals surface area (Å²) in [7, 11) is 1.59. The summed E-state index contributed by atoms with van der Waals surface area (Å²) in [6.07, 6.45) is 7.24. The van der Waals surface area contributed by atoms with E-state index in [0.29, 0.717) is 11.8 Å². The molecule has 1 aromatic carbocycles. The highest BCUT2D eigenvalue weighted by atomic mass is 16.5. The molecule has 0 spiro atoms. The van der Waals surface area contributed by atoms with E-state index in [1.165, 1.54) is 11.1 Å². The third kappa shape index (κ3) is 3.33. The van der Waals surface area contributed by atoms with Crippen LogP contribution < -0.4 is 14.4 Å². The second kappa shape index (κ2) is 6.93. The highest BCUT2D eigenvalue weighted by Gasteiger charge is 2.23. The molecule has 0 bridgehead atoms. The van der Waals surface area contributed by atoms with Gasteiger partial charge in [0.25, 0.3) is 0 Å². The number of hydrogen-bond acceptors (Lipinski definition) is 6. The Hall–Kier alpha value is -2.89. The quantitative estimate of drug-likeness (QED) is 0.730. The van der Waals surface area contributed by atoms with Gasteiger partial charge in [0.15, 0.2) is 5.75 Å². The van der Waals surface area contributed by atoms with Crippen LogP contribution in [0.3, 0.4) is 0 Å². The second-order valence-electron chi connectivity index (χ2n) is 6.08. The lowest BCUT2D eigenvalue weighted by Crippen LogP contribution is -2.41. The van der Waals surface area contributed by atoms with E-state index in [0.717, 1.165) is 31.4 Å². The third-order valence-corrected chi connectivity index (χ3v) is 4.46. The second-order valence-corrected chi connectivity index (χ2v) is 6.08. The van der Waals surface area contributed by atoms with Crippen molar-refractivity contribution in [2.75, 3.05) is 25.1 Å². The zero-order valence-corrected chi connectivity index (χ0v) is 14.1. The fourth-order valence-electron chi connectivity index (χ4n) is 3.23. The largest absolute Gasteiger partial charge is 0.494 e. The van der Waals surface area contributed by atoms with Crippen LogP contribution in [0.4, 0.5) is 5.69 Å². The lowest BCUT2D eigenvalue weighted by molar-refractivity contribution is 0.164. The molecular weight excluding hydrogens is 316 g/mol. The van der Waals surface area contributed by atoms with E-state index in [4.69, 9.17) is 9.47 Å². The Kier molecular flexibility index (Phi) is 4.33. The summed E-state index contributed by atoms with van der Waals surface area (Å²) in [6.45, 7) is 1.82. The van der Waals surface area contributed by atoms with Crippen molar-refractivity contribution in [3.63, 3.8) is 0 Å². The third-order valence-electron chi connectivity index (χ3n) is 4.46. The number of pyridine rings is 1. The molecule has 128 valence electrons. The first-order chi connectivity index (χ1) is 12.3. The first-order valence-electron chi connectivity index (χ1n) is 8.45. The molecule has 0 N–H and O–H groups in total. The van der Waals surface area contributed by atoms with E-state index in [9.17, 15) is 0 Å². The molecule has 0 amide bonds. The summed E-state index contributed by atoms with van der Waals surface area (Å²) in [6, 6.07) is 10.7. The fraction of sp³-hybridized carbons (Fsp3) is 0.316. The summed E-state index contributed by atoms with van der Waals surface area (Å²) < 4.78 is 11.1. The molecule has 1 aliphatic rings. The van der Waals surface area contributed by atoms with Crippen molar-refractivity contribution in [1.82, 2.24) is 15.0 Å². The number of hydrogen-bond donors (Lipinski definition) is 0. The first kappa shape index (κ1) is 15.6. The van der Waals surface area contributed by atoms with Crippen LogP contribution in [0.5, 0.6) is 11.8 Å². The predicted octanol–water partition coefficient (Wildman–Crippen LogP) is 3.08. The number of aromatic nitrogens is 3. The molecule has 0 aliphatic carbocycles. The van der Waals surface area contributed by atoms with Crippen molar-refractivity contribution in [2.24, 2.45) is 0 Å². The molecule has 0 saturated carbocycles. The normalized spacial score (nSPS) is 17.5. The van der Waals surface area contributed by atoms with Crippen molar-refractivity contribution in [2.45, 2.75) is 18.9 Å². The Bertz CT molecular complexity index is 848. The fourth-order valence-corrected chi connectivity index (χ4v) is 3.23. The number of fused-ring (bicyclic) bond motifs is 1. The number of para-hydroxylation sites is 1. The molecule has 3 heterocycles. The van der Waals surface area contributed by atoms with E-state index in [1.54, 1.807) is 19.5 Å². The van der Waals surface area contributed by atoms with E-state index in [2.05, 4.69) is 38.1 Å². The standard InChI is InChI=1S/C19H20N4O2/c1-24-15-11-21-19(22-12-15)25-14-5-4-10-23(13-14)18-8-9-20-17-7-3-2-6-16(17)18/h2-3,6-9,11-12,14H,4-5,10,13H2,1H3. The molecule has 6 heteroatoms. The van der Waals surface area contributed by atoms with Crippen LogP contribution in [0.2, 0.25) is 0 Å². The minimum Gasteiger partial charge on any atom is -0.494 e. The number of piperidine rings is 1. The van der Waals surface area contributed by atoms with Gasteiger partial charge in [0.2, 0.25) is 0 Å². The maximum Gasteiger partial charge on any atom is 0.316 e. The monoisotopic (exact) mass is 336 g/mol. The summed E-state index contributed by atoms with van der Waals surface area (Å²) in [5.41, 5.74) is 2.22. The van der Waals surface area contributed by atoms with Crippen molar-refractivity contribution in [3.8, 4) is 11.8 Å². The number of ether oxygens (including phenoxy) is 2. The summed E-state index contributed by atoms with van der Waals surface area (Å²) in [5, 5.41) is 1.17. The zero-order chi connectivity index (χ0) is 17.1. The Labute approximate surface area is 146 Å². The average Bonchev–Trinajstić information content (AvgIpc) is 2.68. The van der Waals surface area contributed by atoms with Gasteiger partial charge in [-0.25, -0.2) is 0 Å². The molecule has 1 fully saturated rings. The molecule has 25 heavy (non-hydrogen) atoms. The number of rotatable bonds is 4. The Morgan fingerprint density at radius 1 is 1.08 bits per heavy atom. The van der Waals surface area contributed by atoms with Gasteiger partial charge in [-0.2, -0.15) is 9.97 Å². The minimum absolute atomic E-state index is 0.0640. The van der Waals surface area contributed by atoms with Gasteiger partial charge in [-0.05, 0) is 25.0 Å². The van der Waals surface area contributed by atoms with Crippen LogP contribution in [0.1, 0.15) is 12.8 Å². The Morgan fingerprint density at radius 2 is 1.92 bits per heavy atom. The van der Waals surface area contributed by atoms with Crippen LogP contribution in [0.25, 0.3) is 10.9 Å². The molecule has 2 aromatic heterocycles. The lowest BCUT2D eigenvalue weighted by Gasteiger charge is -2.34. The number of anilines is 1. The number of benzene rings is 1. The first-order valence-corrected chi connectivity index (χ1v) is 8.45. The van der Waals surface area contributed by atoms with Gasteiger partial charge < -0.3 is 14.4 Å². The average molecular weight is 336 g/mol. The molecule has 1 unspecified atom stereocenters. The highest BCUT2D eigenvalue weighted by Crippen LogP contribution is 2.28. The van der Waals surface area contributed by atoms with Crippen LogP contribution in [-0.4, -0.2) is 41.3 Å². The molecule has 6 nitrogen and oxygen atoms in total. The topological polar surface area (TPSA) is 60.4 Å². The lowest BCUT2D eigenvalue weighted by atomic mass is 10.1. The minimum atomic E-state index is 0.0640. The number of nitrogens with zero attached hydrogens (tertiary/aromatic N) is 4. The zero-order valence-electron chi connectivity index (χ0n) is 14.1. The van der Waals surface area contributed by atoms with Crippen LogP contribution in [-0.2, 0) is 0 Å². The maximum atomic E-state index is 5.98. The smallest absolute Gasteiger partial charge is 0.316 e. The molecular formula is C19H20N4O2. The van der Waals surface area contributed by atoms with Gasteiger partial charge >= 0.3 is 6.01 Å². The van der Waals surface area contributed by atoms with Gasteiger partial charge in [-0.1, -0.05) is 18.2 Å². The molecule has 4 rings (SSSR count). The molecule has 1 aliphatic heterocycles. The molecule has 1 saturated heterocycles. The maximum absolute atomic E-state index is 5.98. The van der Waals surface area contributed by atoms with Crippen LogP contribution in [0, 0.1) is 0 Å². The summed E-state index contributed by atoms with van der Waals surface area (Å²) >= 11 is 0. The Morgan fingerprint density at radius 3 is 2.76 bits per heavy atom. The van der Waals surface area contributed by atoms with E-state index in [-0.39, 0.29) is 6.10 Å². The van der Waals surface area contributed by atoms with Crippen molar-refractivity contribution in [3.05, 3.63) is 48.9 Å². The summed E-state index contributed by atoms with van der Waals surface area (Å²) in [5.74, 6) is 0.626. The van der Waals surface area contributed by atoms with Crippen molar-refractivity contribution < 1.29 is 9.47 Å². The van der Waals surface area contributed by atoms with Crippen LogP contribution >= 0.6 is 0 Å². The van der Waals surface area contributed by atoms with Crippen molar-refractivity contribution >= 4 is 16.6 Å². The van der Waals surface area contributed by atoms with E-state index < -0.39 is 0 Å². The SMILES string of the molecule is COc1cnc(OC2CCCN(c3ccnc4ccccc34)C2)nc1. The van der Waals surface area contributed by atoms with Gasteiger partial charge in [-0.15, -0.1) is 0 Å². The van der Waals surface area contributed by atoms with Gasteiger partial charge in [0.05, 0.1) is 31.6 Å². The Balaban J connectivity index is 1.52. The van der Waals surface area contributed by atoms with E-state index in [1.807, 2.05) is 18.3 Å². The van der Waals surface area contributed by atoms with Gasteiger partial charge in [0.1, 0.15) is 6.10 Å². The van der Waals surface area contributed by atoms with Gasteiger partial charge in [0, 0.05) is 23.8 Å². The van der Waals surface area contributed by atoms with Crippen LogP contribution in [0.15, 0.2) is 48.9 Å².